The molecule has 2 N–H and O–H groups in total. The summed E-state index contributed by atoms with van der Waals surface area (Å²) in [4.78, 5) is 12.0. The number of hydrogen-bond acceptors (Lipinski definition) is 4. The Morgan fingerprint density at radius 2 is 1.44 bits per heavy atom. The van der Waals surface area contributed by atoms with Crippen LogP contribution in [0.3, 0.4) is 0 Å². The topological polar surface area (TPSA) is 74.2 Å². The maximum Gasteiger partial charge on any atom is 0.227 e. The van der Waals surface area contributed by atoms with Crippen LogP contribution in [-0.2, 0) is 4.79 Å². The van der Waals surface area contributed by atoms with Crippen molar-refractivity contribution in [2.75, 3.05) is 17.2 Å². The molecule has 134 valence electrons. The first-order valence-electron chi connectivity index (χ1n) is 8.58. The lowest BCUT2D eigenvalue weighted by molar-refractivity contribution is -0.116. The zero-order chi connectivity index (χ0) is 18.9. The Hall–Kier alpha value is -3.78. The third-order valence-electron chi connectivity index (χ3n) is 3.81. The number of carbonyl (C=O) groups is 1. The van der Waals surface area contributed by atoms with Gasteiger partial charge in [0.2, 0.25) is 5.91 Å². The number of amides is 1. The molecule has 0 aliphatic carbocycles. The Balaban J connectivity index is 1.46. The Kier molecular flexibility index (Phi) is 6.05. The molecule has 3 rings (SSSR count). The highest BCUT2D eigenvalue weighted by molar-refractivity contribution is 5.91. The molecule has 0 saturated carbocycles. The van der Waals surface area contributed by atoms with Crippen molar-refractivity contribution in [3.8, 4) is 11.8 Å². The number of nitriles is 1. The molecule has 0 bridgehead atoms. The minimum Gasteiger partial charge on any atom is -0.493 e. The van der Waals surface area contributed by atoms with Crippen molar-refractivity contribution < 1.29 is 9.53 Å². The quantitative estimate of drug-likeness (QED) is 0.642. The number of anilines is 3. The molecule has 3 aromatic carbocycles. The normalized spacial score (nSPS) is 9.89. The van der Waals surface area contributed by atoms with Crippen LogP contribution in [0.5, 0.6) is 5.75 Å². The maximum atomic E-state index is 12.0. The molecule has 0 aromatic heterocycles. The number of carbonyl (C=O) groups excluding carboxylic acids is 1. The second kappa shape index (κ2) is 9.07. The van der Waals surface area contributed by atoms with E-state index in [2.05, 4.69) is 16.7 Å². The average molecular weight is 357 g/mol. The number of rotatable bonds is 7. The van der Waals surface area contributed by atoms with Crippen LogP contribution < -0.4 is 15.4 Å². The first kappa shape index (κ1) is 18.0. The fourth-order valence-corrected chi connectivity index (χ4v) is 2.43. The van der Waals surface area contributed by atoms with Crippen molar-refractivity contribution in [2.45, 2.75) is 6.42 Å². The van der Waals surface area contributed by atoms with Crippen molar-refractivity contribution in [1.82, 2.24) is 0 Å². The lowest BCUT2D eigenvalue weighted by Crippen LogP contribution is -2.15. The Bertz CT molecular complexity index is 915. The molecule has 0 radical (unpaired) electrons. The van der Waals surface area contributed by atoms with Crippen molar-refractivity contribution in [1.29, 1.82) is 5.26 Å². The molecule has 3 aromatic rings. The maximum absolute atomic E-state index is 12.0. The van der Waals surface area contributed by atoms with Crippen molar-refractivity contribution in [3.05, 3.63) is 84.4 Å². The van der Waals surface area contributed by atoms with E-state index in [4.69, 9.17) is 10.00 Å². The van der Waals surface area contributed by atoms with E-state index in [0.717, 1.165) is 22.8 Å². The minimum atomic E-state index is -0.0984. The minimum absolute atomic E-state index is 0.0984. The third-order valence-corrected chi connectivity index (χ3v) is 3.81. The van der Waals surface area contributed by atoms with Crippen molar-refractivity contribution in [2.24, 2.45) is 0 Å². The average Bonchev–Trinajstić information content (AvgIpc) is 2.71. The van der Waals surface area contributed by atoms with Gasteiger partial charge in [-0.3, -0.25) is 4.79 Å². The van der Waals surface area contributed by atoms with Crippen molar-refractivity contribution >= 4 is 23.0 Å². The summed E-state index contributed by atoms with van der Waals surface area (Å²) < 4.78 is 5.53. The zero-order valence-corrected chi connectivity index (χ0v) is 14.7. The summed E-state index contributed by atoms with van der Waals surface area (Å²) in [6.45, 7) is 0.328. The number of nitrogens with one attached hydrogen (secondary N) is 2. The molecule has 0 aliphatic rings. The summed E-state index contributed by atoms with van der Waals surface area (Å²) >= 11 is 0. The monoisotopic (exact) mass is 357 g/mol. The summed E-state index contributed by atoms with van der Waals surface area (Å²) in [7, 11) is 0. The lowest BCUT2D eigenvalue weighted by atomic mass is 10.2. The molecule has 0 unspecified atom stereocenters. The highest BCUT2D eigenvalue weighted by Gasteiger charge is 2.03. The number of benzene rings is 3. The Morgan fingerprint density at radius 1 is 0.852 bits per heavy atom. The van der Waals surface area contributed by atoms with Gasteiger partial charge in [-0.15, -0.1) is 0 Å². The van der Waals surface area contributed by atoms with Gasteiger partial charge < -0.3 is 15.4 Å². The molecule has 0 aliphatic heterocycles. The van der Waals surface area contributed by atoms with Gasteiger partial charge in [0.25, 0.3) is 0 Å². The number of ether oxygens (including phenoxy) is 1. The van der Waals surface area contributed by atoms with Crippen LogP contribution >= 0.6 is 0 Å². The smallest absolute Gasteiger partial charge is 0.227 e. The number of nitrogens with zero attached hydrogens (tertiary/aromatic N) is 1. The van der Waals surface area contributed by atoms with Gasteiger partial charge in [0, 0.05) is 17.1 Å². The highest BCUT2D eigenvalue weighted by Crippen LogP contribution is 2.19. The fourth-order valence-electron chi connectivity index (χ4n) is 2.43. The van der Waals surface area contributed by atoms with E-state index < -0.39 is 0 Å². The van der Waals surface area contributed by atoms with E-state index in [1.54, 1.807) is 12.1 Å². The van der Waals surface area contributed by atoms with Gasteiger partial charge >= 0.3 is 0 Å². The van der Waals surface area contributed by atoms with E-state index in [9.17, 15) is 4.79 Å². The van der Waals surface area contributed by atoms with E-state index in [1.807, 2.05) is 66.7 Å². The molecule has 5 nitrogen and oxygen atoms in total. The van der Waals surface area contributed by atoms with E-state index in [0.29, 0.717) is 12.2 Å². The third kappa shape index (κ3) is 5.62. The molecule has 0 heterocycles. The summed E-state index contributed by atoms with van der Waals surface area (Å²) in [5.41, 5.74) is 3.13. The molecule has 0 spiro atoms. The largest absolute Gasteiger partial charge is 0.493 e. The number of para-hydroxylation sites is 1. The van der Waals surface area contributed by atoms with Crippen LogP contribution in [0.15, 0.2) is 78.9 Å². The lowest BCUT2D eigenvalue weighted by Gasteiger charge is -2.09. The second-order valence-corrected chi connectivity index (χ2v) is 5.85. The van der Waals surface area contributed by atoms with Crippen molar-refractivity contribution in [3.63, 3.8) is 0 Å². The van der Waals surface area contributed by atoms with Gasteiger partial charge in [-0.2, -0.15) is 5.26 Å². The number of hydrogen-bond donors (Lipinski definition) is 2. The van der Waals surface area contributed by atoms with Gasteiger partial charge in [-0.05, 0) is 60.7 Å². The standard InChI is InChI=1S/C22H19N3O2/c23-16-17-6-8-18(9-7-17)24-19-10-12-20(13-11-19)25-22(26)14-15-27-21-4-2-1-3-5-21/h1-13,24H,14-15H2,(H,25,26). The van der Waals surface area contributed by atoms with Gasteiger partial charge in [0.05, 0.1) is 24.7 Å². The van der Waals surface area contributed by atoms with Gasteiger partial charge in [-0.25, -0.2) is 0 Å². The molecule has 27 heavy (non-hydrogen) atoms. The van der Waals surface area contributed by atoms with E-state index >= 15 is 0 Å². The van der Waals surface area contributed by atoms with Crippen LogP contribution in [0.1, 0.15) is 12.0 Å². The molecular weight excluding hydrogens is 338 g/mol. The first-order valence-corrected chi connectivity index (χ1v) is 8.58. The second-order valence-electron chi connectivity index (χ2n) is 5.85. The molecule has 0 atom stereocenters. The van der Waals surface area contributed by atoms with E-state index in [1.165, 1.54) is 0 Å². The molecule has 5 heteroatoms. The zero-order valence-electron chi connectivity index (χ0n) is 14.7. The first-order chi connectivity index (χ1) is 13.2. The molecule has 0 fully saturated rings. The van der Waals surface area contributed by atoms with Crippen LogP contribution in [0.25, 0.3) is 0 Å². The fraction of sp³-hybridized carbons (Fsp3) is 0.0909. The molecule has 0 saturated heterocycles. The Labute approximate surface area is 158 Å². The summed E-state index contributed by atoms with van der Waals surface area (Å²) in [5.74, 6) is 0.655. The van der Waals surface area contributed by atoms with Crippen LogP contribution in [0.4, 0.5) is 17.1 Å². The van der Waals surface area contributed by atoms with E-state index in [-0.39, 0.29) is 12.3 Å². The SMILES string of the molecule is N#Cc1ccc(Nc2ccc(NC(=O)CCOc3ccccc3)cc2)cc1. The van der Waals surface area contributed by atoms with Crippen LogP contribution in [0.2, 0.25) is 0 Å². The van der Waals surface area contributed by atoms with Crippen LogP contribution in [-0.4, -0.2) is 12.5 Å². The Morgan fingerprint density at radius 3 is 2.07 bits per heavy atom. The van der Waals surface area contributed by atoms with Gasteiger partial charge in [0.15, 0.2) is 0 Å². The highest BCUT2D eigenvalue weighted by atomic mass is 16.5. The predicted molar refractivity (Wildman–Crippen MR) is 106 cm³/mol. The molecular formula is C22H19N3O2. The summed E-state index contributed by atoms with van der Waals surface area (Å²) in [5, 5.41) is 14.9. The van der Waals surface area contributed by atoms with Gasteiger partial charge in [0.1, 0.15) is 5.75 Å². The summed E-state index contributed by atoms with van der Waals surface area (Å²) in [6.07, 6.45) is 0.278. The summed E-state index contributed by atoms with van der Waals surface area (Å²) in [6, 6.07) is 26.2. The van der Waals surface area contributed by atoms with Crippen LogP contribution in [0, 0.1) is 11.3 Å². The van der Waals surface area contributed by atoms with Gasteiger partial charge in [-0.1, -0.05) is 18.2 Å². The molecule has 1 amide bonds. The predicted octanol–water partition coefficient (Wildman–Crippen LogP) is 4.71.